The fourth-order valence-electron chi connectivity index (χ4n) is 0.438. The lowest BCUT2D eigenvalue weighted by Gasteiger charge is -2.01. The average molecular weight is 162 g/mol. The second kappa shape index (κ2) is 5.24. The van der Waals surface area contributed by atoms with Gasteiger partial charge in [0, 0.05) is 5.75 Å². The Kier molecular flexibility index (Phi) is 5.50. The van der Waals surface area contributed by atoms with E-state index >= 15 is 0 Å². The summed E-state index contributed by atoms with van der Waals surface area (Å²) in [6, 6.07) is 0. The Hall–Kier alpha value is 0.440. The first-order valence-corrected chi connectivity index (χ1v) is 4.76. The topological polar surface area (TPSA) is 0 Å². The first-order valence-electron chi connectivity index (χ1n) is 3.20. The molecule has 0 aliphatic carbocycles. The van der Waals surface area contributed by atoms with Crippen molar-refractivity contribution in [2.24, 2.45) is 5.92 Å². The van der Waals surface area contributed by atoms with Crippen molar-refractivity contribution in [3.8, 4) is 0 Å². The van der Waals surface area contributed by atoms with E-state index in [0.717, 1.165) is 16.5 Å². The van der Waals surface area contributed by atoms with E-state index in [9.17, 15) is 0 Å². The van der Waals surface area contributed by atoms with Crippen LogP contribution in [-0.4, -0.2) is 16.4 Å². The van der Waals surface area contributed by atoms with Crippen molar-refractivity contribution in [3.63, 3.8) is 0 Å². The Morgan fingerprint density at radius 3 is 2.44 bits per heavy atom. The Balaban J connectivity index is 3.01. The first kappa shape index (κ1) is 9.44. The molecule has 0 radical (unpaired) electrons. The molecule has 0 unspecified atom stereocenters. The SMILES string of the molecule is CC(=S)CSCC(C)C. The maximum Gasteiger partial charge on any atom is 0.0245 e. The molecule has 0 saturated heterocycles. The van der Waals surface area contributed by atoms with Crippen molar-refractivity contribution in [1.82, 2.24) is 0 Å². The minimum atomic E-state index is 0.796. The van der Waals surface area contributed by atoms with Crippen LogP contribution in [0.15, 0.2) is 0 Å². The second-order valence-corrected chi connectivity index (χ2v) is 4.34. The molecule has 0 saturated carbocycles. The zero-order chi connectivity index (χ0) is 7.28. The quantitative estimate of drug-likeness (QED) is 0.583. The van der Waals surface area contributed by atoms with E-state index < -0.39 is 0 Å². The monoisotopic (exact) mass is 162 g/mol. The Morgan fingerprint density at radius 2 is 2.11 bits per heavy atom. The summed E-state index contributed by atoms with van der Waals surface area (Å²) in [6.07, 6.45) is 0. The van der Waals surface area contributed by atoms with Crippen molar-refractivity contribution < 1.29 is 0 Å². The van der Waals surface area contributed by atoms with E-state index in [0.29, 0.717) is 0 Å². The zero-order valence-electron chi connectivity index (χ0n) is 6.31. The fraction of sp³-hybridized carbons (Fsp3) is 0.857. The van der Waals surface area contributed by atoms with Crippen LogP contribution in [0.3, 0.4) is 0 Å². The van der Waals surface area contributed by atoms with Gasteiger partial charge in [-0.3, -0.25) is 0 Å². The highest BCUT2D eigenvalue weighted by Gasteiger charge is 1.93. The largest absolute Gasteiger partial charge is 0.156 e. The van der Waals surface area contributed by atoms with Gasteiger partial charge in [0.25, 0.3) is 0 Å². The summed E-state index contributed by atoms with van der Waals surface area (Å²) in [4.78, 5) is 1.11. The van der Waals surface area contributed by atoms with E-state index in [4.69, 9.17) is 12.2 Å². The van der Waals surface area contributed by atoms with Gasteiger partial charge in [-0.1, -0.05) is 26.1 Å². The van der Waals surface area contributed by atoms with E-state index in [1.807, 2.05) is 18.7 Å². The number of thioether (sulfide) groups is 1. The third-order valence-corrected chi connectivity index (χ3v) is 2.62. The van der Waals surface area contributed by atoms with Gasteiger partial charge >= 0.3 is 0 Å². The molecular formula is C7H14S2. The molecule has 0 aliphatic rings. The third kappa shape index (κ3) is 8.44. The lowest BCUT2D eigenvalue weighted by Crippen LogP contribution is -1.96. The lowest BCUT2D eigenvalue weighted by molar-refractivity contribution is 0.751. The summed E-state index contributed by atoms with van der Waals surface area (Å²) >= 11 is 6.85. The molecule has 9 heavy (non-hydrogen) atoms. The highest BCUT2D eigenvalue weighted by atomic mass is 32.2. The van der Waals surface area contributed by atoms with Crippen LogP contribution >= 0.6 is 24.0 Å². The summed E-state index contributed by atoms with van der Waals surface area (Å²) in [5.74, 6) is 3.07. The molecule has 0 amide bonds. The third-order valence-electron chi connectivity index (χ3n) is 0.757. The maximum absolute atomic E-state index is 4.93. The van der Waals surface area contributed by atoms with Crippen LogP contribution < -0.4 is 0 Å². The summed E-state index contributed by atoms with van der Waals surface area (Å²) in [5, 5.41) is 0. The number of thiocarbonyl (C=S) groups is 1. The Bertz CT molecular complexity index is 86.9. The van der Waals surface area contributed by atoms with E-state index in [-0.39, 0.29) is 0 Å². The lowest BCUT2D eigenvalue weighted by atomic mass is 10.3. The molecule has 0 rings (SSSR count). The Labute approximate surface area is 67.4 Å². The molecule has 0 aromatic heterocycles. The van der Waals surface area contributed by atoms with Crippen LogP contribution in [0.4, 0.5) is 0 Å². The van der Waals surface area contributed by atoms with Gasteiger partial charge in [0.1, 0.15) is 0 Å². The standard InChI is InChI=1S/C7H14S2/c1-6(2)4-9-5-7(3)8/h6H,4-5H2,1-3H3. The molecule has 0 N–H and O–H groups in total. The van der Waals surface area contributed by atoms with Crippen molar-refractivity contribution >= 4 is 28.8 Å². The van der Waals surface area contributed by atoms with Crippen LogP contribution in [0.2, 0.25) is 0 Å². The second-order valence-electron chi connectivity index (χ2n) is 2.61. The molecule has 0 nitrogen and oxygen atoms in total. The van der Waals surface area contributed by atoms with Gasteiger partial charge in [0.05, 0.1) is 0 Å². The van der Waals surface area contributed by atoms with Crippen LogP contribution in [0.1, 0.15) is 20.8 Å². The predicted octanol–water partition coefficient (Wildman–Crippen LogP) is 2.77. The minimum Gasteiger partial charge on any atom is -0.156 e. The van der Waals surface area contributed by atoms with Gasteiger partial charge in [0.15, 0.2) is 0 Å². The predicted molar refractivity (Wildman–Crippen MR) is 50.4 cm³/mol. The molecule has 0 aromatic carbocycles. The van der Waals surface area contributed by atoms with Gasteiger partial charge in [-0.05, 0) is 23.5 Å². The molecular weight excluding hydrogens is 148 g/mol. The molecule has 0 atom stereocenters. The van der Waals surface area contributed by atoms with Crippen LogP contribution in [-0.2, 0) is 0 Å². The van der Waals surface area contributed by atoms with Crippen molar-refractivity contribution in [2.45, 2.75) is 20.8 Å². The fourth-order valence-corrected chi connectivity index (χ4v) is 1.57. The van der Waals surface area contributed by atoms with Crippen molar-refractivity contribution in [3.05, 3.63) is 0 Å². The molecule has 0 spiro atoms. The minimum absolute atomic E-state index is 0.796. The molecule has 0 aromatic rings. The number of rotatable bonds is 4. The summed E-state index contributed by atoms with van der Waals surface area (Å²) in [5.41, 5.74) is 0. The molecule has 54 valence electrons. The molecule has 0 aliphatic heterocycles. The maximum atomic E-state index is 4.93. The first-order chi connectivity index (χ1) is 4.13. The van der Waals surface area contributed by atoms with Crippen molar-refractivity contribution in [1.29, 1.82) is 0 Å². The number of hydrogen-bond acceptors (Lipinski definition) is 2. The van der Waals surface area contributed by atoms with Gasteiger partial charge in [-0.15, -0.1) is 0 Å². The summed E-state index contributed by atoms with van der Waals surface area (Å²) in [6.45, 7) is 6.46. The summed E-state index contributed by atoms with van der Waals surface area (Å²) < 4.78 is 0. The molecule has 0 fully saturated rings. The van der Waals surface area contributed by atoms with Gasteiger partial charge in [-0.2, -0.15) is 11.8 Å². The normalized spacial score (nSPS) is 10.2. The van der Waals surface area contributed by atoms with E-state index in [1.165, 1.54) is 5.75 Å². The molecule has 0 bridgehead atoms. The van der Waals surface area contributed by atoms with E-state index in [1.54, 1.807) is 0 Å². The smallest absolute Gasteiger partial charge is 0.0245 e. The van der Waals surface area contributed by atoms with Crippen LogP contribution in [0.25, 0.3) is 0 Å². The van der Waals surface area contributed by atoms with Crippen molar-refractivity contribution in [2.75, 3.05) is 11.5 Å². The van der Waals surface area contributed by atoms with Gasteiger partial charge < -0.3 is 0 Å². The average Bonchev–Trinajstić information content (AvgIpc) is 1.63. The van der Waals surface area contributed by atoms with Gasteiger partial charge in [-0.25, -0.2) is 0 Å². The van der Waals surface area contributed by atoms with E-state index in [2.05, 4.69) is 13.8 Å². The van der Waals surface area contributed by atoms with Crippen LogP contribution in [0, 0.1) is 5.92 Å². The molecule has 2 heteroatoms. The highest BCUT2D eigenvalue weighted by molar-refractivity contribution is 8.01. The molecule has 0 heterocycles. The van der Waals surface area contributed by atoms with Gasteiger partial charge in [0.2, 0.25) is 0 Å². The highest BCUT2D eigenvalue weighted by Crippen LogP contribution is 2.07. The Morgan fingerprint density at radius 1 is 1.56 bits per heavy atom. The van der Waals surface area contributed by atoms with Crippen LogP contribution in [0.5, 0.6) is 0 Å². The number of hydrogen-bond donors (Lipinski definition) is 0. The summed E-state index contributed by atoms with van der Waals surface area (Å²) in [7, 11) is 0. The zero-order valence-corrected chi connectivity index (χ0v) is 7.94.